The number of benzene rings is 3. The summed E-state index contributed by atoms with van der Waals surface area (Å²) in [6, 6.07) is 22.6. The van der Waals surface area contributed by atoms with Crippen LogP contribution in [0.1, 0.15) is 28.8 Å². The van der Waals surface area contributed by atoms with Crippen molar-refractivity contribution < 1.29 is 19.1 Å². The van der Waals surface area contributed by atoms with Crippen LogP contribution in [0.15, 0.2) is 79.0 Å². The number of aromatic nitrogens is 2. The molecule has 8 nitrogen and oxygen atoms in total. The number of carbonyl (C=O) groups is 2. The molecule has 1 N–H and O–H groups in total. The minimum absolute atomic E-state index is 0.0504. The van der Waals surface area contributed by atoms with Gasteiger partial charge in [0.15, 0.2) is 0 Å². The number of hydrogen-bond donors (Lipinski definition) is 1. The van der Waals surface area contributed by atoms with Crippen LogP contribution in [0.5, 0.6) is 11.5 Å². The minimum Gasteiger partial charge on any atom is -0.497 e. The summed E-state index contributed by atoms with van der Waals surface area (Å²) >= 11 is 0. The van der Waals surface area contributed by atoms with Crippen LogP contribution in [0.4, 0.5) is 5.95 Å². The number of methoxy groups -OCH3 is 2. The highest BCUT2D eigenvalue weighted by Crippen LogP contribution is 2.30. The van der Waals surface area contributed by atoms with Crippen LogP contribution >= 0.6 is 0 Å². The van der Waals surface area contributed by atoms with Crippen molar-refractivity contribution in [1.29, 1.82) is 0 Å². The van der Waals surface area contributed by atoms with Gasteiger partial charge in [-0.1, -0.05) is 18.2 Å². The second kappa shape index (κ2) is 10.8. The lowest BCUT2D eigenvalue weighted by Gasteiger charge is -2.22. The van der Waals surface area contributed by atoms with Gasteiger partial charge in [-0.05, 0) is 79.9 Å². The van der Waals surface area contributed by atoms with E-state index in [1.165, 1.54) is 0 Å². The molecule has 5 rings (SSSR count). The number of nitrogens with zero attached hydrogens (tertiary/aromatic N) is 3. The highest BCUT2D eigenvalue weighted by atomic mass is 16.5. The van der Waals surface area contributed by atoms with Crippen molar-refractivity contribution in [3.63, 3.8) is 0 Å². The topological polar surface area (TPSA) is 85.7 Å². The van der Waals surface area contributed by atoms with E-state index in [4.69, 9.17) is 14.5 Å². The number of rotatable bonds is 9. The quantitative estimate of drug-likeness (QED) is 0.338. The molecule has 8 heteroatoms. The third-order valence-electron chi connectivity index (χ3n) is 6.63. The highest BCUT2D eigenvalue weighted by Gasteiger charge is 2.35. The highest BCUT2D eigenvalue weighted by molar-refractivity contribution is 6.00. The van der Waals surface area contributed by atoms with E-state index in [2.05, 4.69) is 5.32 Å². The summed E-state index contributed by atoms with van der Waals surface area (Å²) in [4.78, 5) is 33.0. The van der Waals surface area contributed by atoms with E-state index in [1.54, 1.807) is 19.1 Å². The van der Waals surface area contributed by atoms with Crippen LogP contribution < -0.4 is 14.8 Å². The Hall–Kier alpha value is -4.59. The zero-order valence-corrected chi connectivity index (χ0v) is 21.7. The second-order valence-corrected chi connectivity index (χ2v) is 9.27. The van der Waals surface area contributed by atoms with Gasteiger partial charge in [-0.3, -0.25) is 19.5 Å². The van der Waals surface area contributed by atoms with Crippen LogP contribution in [0.3, 0.4) is 0 Å². The van der Waals surface area contributed by atoms with Crippen LogP contribution in [-0.2, 0) is 4.79 Å². The average molecular weight is 511 g/mol. The van der Waals surface area contributed by atoms with Gasteiger partial charge in [0, 0.05) is 29.1 Å². The van der Waals surface area contributed by atoms with Gasteiger partial charge in [-0.25, -0.2) is 4.98 Å². The van der Waals surface area contributed by atoms with Crippen LogP contribution in [-0.4, -0.2) is 53.1 Å². The summed E-state index contributed by atoms with van der Waals surface area (Å²) < 4.78 is 12.4. The first-order valence-electron chi connectivity index (χ1n) is 12.5. The van der Waals surface area contributed by atoms with Gasteiger partial charge in [0.25, 0.3) is 5.91 Å². The first kappa shape index (κ1) is 25.1. The fourth-order valence-corrected chi connectivity index (χ4v) is 4.35. The molecule has 3 aromatic carbocycles. The summed E-state index contributed by atoms with van der Waals surface area (Å²) in [5.41, 5.74) is 3.89. The Morgan fingerprint density at radius 2 is 1.58 bits per heavy atom. The maximum absolute atomic E-state index is 13.3. The van der Waals surface area contributed by atoms with E-state index in [1.807, 2.05) is 90.5 Å². The number of nitrogens with one attached hydrogen (secondary N) is 1. The SMILES string of the molecule is COc1ccc(-c2cn(-c3ccc(OC)cc3)c(NC(=O)CN(C(=O)c3ccccc3C)C3CC3)n2)cc1. The lowest BCUT2D eigenvalue weighted by Crippen LogP contribution is -2.40. The maximum atomic E-state index is 13.3. The summed E-state index contributed by atoms with van der Waals surface area (Å²) in [6.07, 6.45) is 3.66. The second-order valence-electron chi connectivity index (χ2n) is 9.27. The molecule has 2 amide bonds. The summed E-state index contributed by atoms with van der Waals surface area (Å²) in [7, 11) is 3.24. The van der Waals surface area contributed by atoms with E-state index < -0.39 is 0 Å². The number of amides is 2. The molecule has 0 bridgehead atoms. The van der Waals surface area contributed by atoms with Gasteiger partial charge in [0.05, 0.1) is 19.9 Å². The van der Waals surface area contributed by atoms with Crippen LogP contribution in [0, 0.1) is 6.92 Å². The molecule has 194 valence electrons. The van der Waals surface area contributed by atoms with Gasteiger partial charge in [-0.2, -0.15) is 0 Å². The molecular formula is C30H30N4O4. The number of anilines is 1. The van der Waals surface area contributed by atoms with Gasteiger partial charge >= 0.3 is 0 Å². The molecule has 1 fully saturated rings. The number of imidazole rings is 1. The summed E-state index contributed by atoms with van der Waals surface area (Å²) in [5.74, 6) is 1.41. The van der Waals surface area contributed by atoms with Crippen molar-refractivity contribution in [3.8, 4) is 28.4 Å². The van der Waals surface area contributed by atoms with Gasteiger partial charge in [-0.15, -0.1) is 0 Å². The Bertz CT molecular complexity index is 1440. The first-order valence-corrected chi connectivity index (χ1v) is 12.5. The van der Waals surface area contributed by atoms with Crippen molar-refractivity contribution >= 4 is 17.8 Å². The molecule has 1 aromatic heterocycles. The van der Waals surface area contributed by atoms with Crippen LogP contribution in [0.25, 0.3) is 16.9 Å². The van der Waals surface area contributed by atoms with Crippen molar-refractivity contribution in [2.75, 3.05) is 26.1 Å². The Kier molecular flexibility index (Phi) is 7.13. The number of carbonyl (C=O) groups excluding carboxylic acids is 2. The minimum atomic E-state index is -0.305. The lowest BCUT2D eigenvalue weighted by atomic mass is 10.1. The third-order valence-corrected chi connectivity index (χ3v) is 6.63. The Balaban J connectivity index is 1.42. The molecule has 0 spiro atoms. The molecule has 0 aliphatic heterocycles. The predicted molar refractivity (Wildman–Crippen MR) is 146 cm³/mol. The van der Waals surface area contributed by atoms with Gasteiger partial charge in [0.1, 0.15) is 18.0 Å². The van der Waals surface area contributed by atoms with E-state index in [-0.39, 0.29) is 24.4 Å². The van der Waals surface area contributed by atoms with Gasteiger partial charge in [0.2, 0.25) is 11.9 Å². The zero-order chi connectivity index (χ0) is 26.6. The number of aryl methyl sites for hydroxylation is 1. The fraction of sp³-hybridized carbons (Fsp3) is 0.233. The monoisotopic (exact) mass is 510 g/mol. The zero-order valence-electron chi connectivity index (χ0n) is 21.7. The summed E-state index contributed by atoms with van der Waals surface area (Å²) in [5, 5.41) is 2.95. The molecule has 0 unspecified atom stereocenters. The molecule has 0 atom stereocenters. The largest absolute Gasteiger partial charge is 0.497 e. The van der Waals surface area contributed by atoms with Gasteiger partial charge < -0.3 is 14.4 Å². The van der Waals surface area contributed by atoms with E-state index in [0.29, 0.717) is 17.2 Å². The van der Waals surface area contributed by atoms with Crippen molar-refractivity contribution in [3.05, 3.63) is 90.1 Å². The predicted octanol–water partition coefficient (Wildman–Crippen LogP) is 5.11. The molecule has 4 aromatic rings. The molecule has 0 saturated heterocycles. The maximum Gasteiger partial charge on any atom is 0.254 e. The smallest absolute Gasteiger partial charge is 0.254 e. The molecule has 1 heterocycles. The normalized spacial score (nSPS) is 12.6. The average Bonchev–Trinajstić information content (AvgIpc) is 3.71. The molecule has 0 radical (unpaired) electrons. The summed E-state index contributed by atoms with van der Waals surface area (Å²) in [6.45, 7) is 1.86. The van der Waals surface area contributed by atoms with E-state index >= 15 is 0 Å². The number of ether oxygens (including phenoxy) is 2. The molecular weight excluding hydrogens is 480 g/mol. The van der Waals surface area contributed by atoms with E-state index in [0.717, 1.165) is 41.2 Å². The Labute approximate surface area is 221 Å². The Morgan fingerprint density at radius 3 is 2.18 bits per heavy atom. The first-order chi connectivity index (χ1) is 18.5. The standard InChI is InChI=1S/C30H30N4O4/c1-20-6-4-5-7-26(20)29(36)33(22-10-11-22)19-28(35)32-30-31-27(21-8-14-24(37-2)15-9-21)18-34(30)23-12-16-25(38-3)17-13-23/h4-9,12-18,22H,10-11,19H2,1-3H3,(H,31,32,35). The number of hydrogen-bond acceptors (Lipinski definition) is 5. The Morgan fingerprint density at radius 1 is 0.947 bits per heavy atom. The van der Waals surface area contributed by atoms with Crippen LogP contribution in [0.2, 0.25) is 0 Å². The third kappa shape index (κ3) is 5.39. The molecule has 1 saturated carbocycles. The van der Waals surface area contributed by atoms with E-state index in [9.17, 15) is 9.59 Å². The molecule has 1 aliphatic carbocycles. The lowest BCUT2D eigenvalue weighted by molar-refractivity contribution is -0.117. The van der Waals surface area contributed by atoms with Crippen molar-refractivity contribution in [2.24, 2.45) is 0 Å². The molecule has 1 aliphatic rings. The molecule has 38 heavy (non-hydrogen) atoms. The van der Waals surface area contributed by atoms with Crippen molar-refractivity contribution in [1.82, 2.24) is 14.5 Å². The fourth-order valence-electron chi connectivity index (χ4n) is 4.35. The van der Waals surface area contributed by atoms with Crippen molar-refractivity contribution in [2.45, 2.75) is 25.8 Å².